The van der Waals surface area contributed by atoms with Crippen molar-refractivity contribution in [2.45, 2.75) is 26.7 Å². The van der Waals surface area contributed by atoms with Gasteiger partial charge in [-0.25, -0.2) is 4.98 Å². The van der Waals surface area contributed by atoms with E-state index in [2.05, 4.69) is 20.5 Å². The number of anilines is 1. The molecule has 0 radical (unpaired) electrons. The van der Waals surface area contributed by atoms with Gasteiger partial charge in [0.25, 0.3) is 0 Å². The van der Waals surface area contributed by atoms with Gasteiger partial charge in [-0.2, -0.15) is 0 Å². The molecule has 102 valence electrons. The molecule has 7 nitrogen and oxygen atoms in total. The van der Waals surface area contributed by atoms with Gasteiger partial charge in [0.15, 0.2) is 5.82 Å². The number of esters is 1. The predicted molar refractivity (Wildman–Crippen MR) is 69.9 cm³/mol. The van der Waals surface area contributed by atoms with Crippen molar-refractivity contribution in [2.24, 2.45) is 0 Å². The number of aryl methyl sites for hydroxylation is 1. The Kier molecular flexibility index (Phi) is 4.27. The zero-order chi connectivity index (χ0) is 13.7. The minimum atomic E-state index is -0.172. The Bertz CT molecular complexity index is 566. The summed E-state index contributed by atoms with van der Waals surface area (Å²) >= 11 is 0. The summed E-state index contributed by atoms with van der Waals surface area (Å²) in [4.78, 5) is 15.4. The molecule has 0 unspecified atom stereocenters. The van der Waals surface area contributed by atoms with Gasteiger partial charge in [0.05, 0.1) is 6.61 Å². The van der Waals surface area contributed by atoms with E-state index in [9.17, 15) is 4.79 Å². The number of hydrogen-bond donors (Lipinski definition) is 1. The first-order valence-electron chi connectivity index (χ1n) is 6.28. The first-order valence-corrected chi connectivity index (χ1v) is 6.28. The summed E-state index contributed by atoms with van der Waals surface area (Å²) in [7, 11) is 0. The zero-order valence-electron chi connectivity index (χ0n) is 11.1. The zero-order valence-corrected chi connectivity index (χ0v) is 11.1. The molecule has 0 bridgehead atoms. The lowest BCUT2D eigenvalue weighted by Crippen LogP contribution is -2.09. The molecule has 2 aromatic heterocycles. The fraction of sp³-hybridized carbons (Fsp3) is 0.500. The molecular formula is C12H17N5O2. The van der Waals surface area contributed by atoms with Crippen LogP contribution < -0.4 is 5.32 Å². The first-order chi connectivity index (χ1) is 9.22. The molecule has 0 spiro atoms. The second-order valence-electron chi connectivity index (χ2n) is 4.05. The maximum Gasteiger partial charge on any atom is 0.305 e. The Labute approximate surface area is 111 Å². The molecule has 0 saturated carbocycles. The van der Waals surface area contributed by atoms with Crippen molar-refractivity contribution in [1.82, 2.24) is 19.6 Å². The lowest BCUT2D eigenvalue weighted by Gasteiger charge is -2.06. The summed E-state index contributed by atoms with van der Waals surface area (Å²) in [6.45, 7) is 4.74. The summed E-state index contributed by atoms with van der Waals surface area (Å²) in [5, 5.41) is 11.2. The van der Waals surface area contributed by atoms with E-state index in [1.807, 2.05) is 17.5 Å². The van der Waals surface area contributed by atoms with E-state index in [4.69, 9.17) is 4.74 Å². The van der Waals surface area contributed by atoms with Gasteiger partial charge in [-0.1, -0.05) is 0 Å². The summed E-state index contributed by atoms with van der Waals surface area (Å²) in [6.07, 6.45) is 4.59. The van der Waals surface area contributed by atoms with Gasteiger partial charge < -0.3 is 10.1 Å². The Hall–Kier alpha value is -2.18. The van der Waals surface area contributed by atoms with Crippen LogP contribution in [-0.4, -0.2) is 38.7 Å². The van der Waals surface area contributed by atoms with Crippen LogP contribution in [-0.2, 0) is 9.53 Å². The Morgan fingerprint density at radius 2 is 2.32 bits per heavy atom. The van der Waals surface area contributed by atoms with Crippen molar-refractivity contribution in [1.29, 1.82) is 0 Å². The number of rotatable bonds is 6. The van der Waals surface area contributed by atoms with Crippen molar-refractivity contribution in [2.75, 3.05) is 18.5 Å². The average Bonchev–Trinajstić information content (AvgIpc) is 2.78. The van der Waals surface area contributed by atoms with Crippen molar-refractivity contribution in [3.63, 3.8) is 0 Å². The standard InChI is InChI=1S/C12H17N5O2/c1-3-19-10(18)5-4-6-13-11-12-16-15-9(2)17(12)8-7-14-11/h7-8H,3-6H2,1-2H3,(H,13,14). The van der Waals surface area contributed by atoms with Gasteiger partial charge >= 0.3 is 5.97 Å². The van der Waals surface area contributed by atoms with E-state index in [-0.39, 0.29) is 5.97 Å². The van der Waals surface area contributed by atoms with Crippen LogP contribution >= 0.6 is 0 Å². The summed E-state index contributed by atoms with van der Waals surface area (Å²) in [5.74, 6) is 1.31. The molecular weight excluding hydrogens is 246 g/mol. The Balaban J connectivity index is 1.90. The van der Waals surface area contributed by atoms with Gasteiger partial charge in [0, 0.05) is 25.4 Å². The van der Waals surface area contributed by atoms with Crippen molar-refractivity contribution in [3.8, 4) is 0 Å². The van der Waals surface area contributed by atoms with E-state index >= 15 is 0 Å². The molecule has 2 rings (SSSR count). The Morgan fingerprint density at radius 3 is 3.11 bits per heavy atom. The van der Waals surface area contributed by atoms with E-state index in [0.717, 1.165) is 5.82 Å². The molecule has 19 heavy (non-hydrogen) atoms. The van der Waals surface area contributed by atoms with Crippen LogP contribution in [0.1, 0.15) is 25.6 Å². The normalized spacial score (nSPS) is 10.6. The van der Waals surface area contributed by atoms with E-state index in [0.29, 0.717) is 37.5 Å². The van der Waals surface area contributed by atoms with Gasteiger partial charge in [-0.05, 0) is 20.3 Å². The van der Waals surface area contributed by atoms with Gasteiger partial charge in [0.1, 0.15) is 5.82 Å². The highest BCUT2D eigenvalue weighted by molar-refractivity contribution is 5.69. The minimum absolute atomic E-state index is 0.172. The lowest BCUT2D eigenvalue weighted by molar-refractivity contribution is -0.143. The third kappa shape index (κ3) is 3.18. The Morgan fingerprint density at radius 1 is 1.47 bits per heavy atom. The van der Waals surface area contributed by atoms with E-state index < -0.39 is 0 Å². The molecule has 0 fully saturated rings. The lowest BCUT2D eigenvalue weighted by atomic mass is 10.3. The van der Waals surface area contributed by atoms with Crippen LogP contribution in [0.5, 0.6) is 0 Å². The predicted octanol–water partition coefficient (Wildman–Crippen LogP) is 1.19. The number of nitrogens with zero attached hydrogens (tertiary/aromatic N) is 4. The maximum absolute atomic E-state index is 11.2. The third-order valence-corrected chi connectivity index (χ3v) is 2.65. The molecule has 0 atom stereocenters. The number of fused-ring (bicyclic) bond motifs is 1. The van der Waals surface area contributed by atoms with Crippen LogP contribution in [0.25, 0.3) is 5.65 Å². The minimum Gasteiger partial charge on any atom is -0.466 e. The smallest absolute Gasteiger partial charge is 0.305 e. The highest BCUT2D eigenvalue weighted by Crippen LogP contribution is 2.11. The number of carbonyl (C=O) groups excluding carboxylic acids is 1. The highest BCUT2D eigenvalue weighted by Gasteiger charge is 2.07. The average molecular weight is 263 g/mol. The van der Waals surface area contributed by atoms with Crippen LogP contribution in [0, 0.1) is 6.92 Å². The number of ether oxygens (including phenoxy) is 1. The summed E-state index contributed by atoms with van der Waals surface area (Å²) in [5.41, 5.74) is 0.691. The molecule has 0 saturated heterocycles. The summed E-state index contributed by atoms with van der Waals surface area (Å²) < 4.78 is 6.72. The summed E-state index contributed by atoms with van der Waals surface area (Å²) in [6, 6.07) is 0. The van der Waals surface area contributed by atoms with Crippen LogP contribution in [0.2, 0.25) is 0 Å². The highest BCUT2D eigenvalue weighted by atomic mass is 16.5. The van der Waals surface area contributed by atoms with E-state index in [1.54, 1.807) is 13.1 Å². The SMILES string of the molecule is CCOC(=O)CCCNc1nccn2c(C)nnc12. The third-order valence-electron chi connectivity index (χ3n) is 2.65. The largest absolute Gasteiger partial charge is 0.466 e. The van der Waals surface area contributed by atoms with Gasteiger partial charge in [-0.15, -0.1) is 10.2 Å². The molecule has 7 heteroatoms. The molecule has 0 aliphatic heterocycles. The molecule has 2 aromatic rings. The second kappa shape index (κ2) is 6.12. The first kappa shape index (κ1) is 13.3. The fourth-order valence-electron chi connectivity index (χ4n) is 1.74. The van der Waals surface area contributed by atoms with Crippen LogP contribution in [0.3, 0.4) is 0 Å². The molecule has 0 amide bonds. The maximum atomic E-state index is 11.2. The molecule has 1 N–H and O–H groups in total. The van der Waals surface area contributed by atoms with Crippen molar-refractivity contribution in [3.05, 3.63) is 18.2 Å². The number of nitrogens with one attached hydrogen (secondary N) is 1. The number of carbonyl (C=O) groups is 1. The topological polar surface area (TPSA) is 81.4 Å². The van der Waals surface area contributed by atoms with Crippen molar-refractivity contribution < 1.29 is 9.53 Å². The van der Waals surface area contributed by atoms with Crippen LogP contribution in [0.4, 0.5) is 5.82 Å². The molecule has 0 aliphatic carbocycles. The molecule has 0 aliphatic rings. The monoisotopic (exact) mass is 263 g/mol. The quantitative estimate of drug-likeness (QED) is 0.622. The number of hydrogen-bond acceptors (Lipinski definition) is 6. The second-order valence-corrected chi connectivity index (χ2v) is 4.05. The van der Waals surface area contributed by atoms with Crippen LogP contribution in [0.15, 0.2) is 12.4 Å². The van der Waals surface area contributed by atoms with Gasteiger partial charge in [0.2, 0.25) is 5.65 Å². The van der Waals surface area contributed by atoms with Crippen molar-refractivity contribution >= 4 is 17.4 Å². The van der Waals surface area contributed by atoms with Gasteiger partial charge in [-0.3, -0.25) is 9.20 Å². The number of aromatic nitrogens is 4. The molecule has 2 heterocycles. The molecule has 0 aromatic carbocycles. The van der Waals surface area contributed by atoms with E-state index in [1.165, 1.54) is 0 Å². The fourth-order valence-corrected chi connectivity index (χ4v) is 1.74.